The van der Waals surface area contributed by atoms with Gasteiger partial charge in [-0.15, -0.1) is 0 Å². The van der Waals surface area contributed by atoms with Crippen LogP contribution in [0.5, 0.6) is 0 Å². The lowest BCUT2D eigenvalue weighted by atomic mass is 9.61. The Bertz CT molecular complexity index is 609. The Labute approximate surface area is 155 Å². The fourth-order valence-electron chi connectivity index (χ4n) is 6.32. The van der Waals surface area contributed by atoms with Gasteiger partial charge in [0.1, 0.15) is 0 Å². The standard InChI is InChI=1S/C23H31F3/c1-14-2-3-19-11-18(9-8-17(19)10-14)15-4-6-16(7-5-15)20-12-21(24)23(26)22(25)13-20/h12-19H,2-11H2,1H3. The van der Waals surface area contributed by atoms with Gasteiger partial charge in [0, 0.05) is 0 Å². The van der Waals surface area contributed by atoms with Crippen molar-refractivity contribution in [1.82, 2.24) is 0 Å². The molecule has 4 rings (SSSR count). The third-order valence-electron chi connectivity index (χ3n) is 7.83. The zero-order valence-electron chi connectivity index (χ0n) is 15.8. The first kappa shape index (κ1) is 18.4. The van der Waals surface area contributed by atoms with Crippen molar-refractivity contribution < 1.29 is 13.2 Å². The number of hydrogen-bond acceptors (Lipinski definition) is 0. The second kappa shape index (κ2) is 7.56. The van der Waals surface area contributed by atoms with Gasteiger partial charge in [-0.1, -0.05) is 13.3 Å². The number of fused-ring (bicyclic) bond motifs is 1. The fraction of sp³-hybridized carbons (Fsp3) is 0.739. The summed E-state index contributed by atoms with van der Waals surface area (Å²) in [5.74, 6) is 1.20. The lowest BCUT2D eigenvalue weighted by molar-refractivity contribution is 0.0672. The van der Waals surface area contributed by atoms with Crippen LogP contribution in [0.25, 0.3) is 0 Å². The van der Waals surface area contributed by atoms with Gasteiger partial charge < -0.3 is 0 Å². The van der Waals surface area contributed by atoms with Crippen LogP contribution in [-0.2, 0) is 0 Å². The fourth-order valence-corrected chi connectivity index (χ4v) is 6.32. The Morgan fingerprint density at radius 2 is 1.15 bits per heavy atom. The second-order valence-electron chi connectivity index (χ2n) is 9.42. The molecule has 0 radical (unpaired) electrons. The van der Waals surface area contributed by atoms with Gasteiger partial charge in [0.15, 0.2) is 17.5 Å². The van der Waals surface area contributed by atoms with Crippen molar-refractivity contribution in [2.45, 2.75) is 77.0 Å². The van der Waals surface area contributed by atoms with Gasteiger partial charge in [-0.2, -0.15) is 0 Å². The lowest BCUT2D eigenvalue weighted by Gasteiger charge is -2.45. The summed E-state index contributed by atoms with van der Waals surface area (Å²) in [6.07, 6.45) is 12.7. The summed E-state index contributed by atoms with van der Waals surface area (Å²) in [5, 5.41) is 0. The molecular formula is C23H31F3. The third-order valence-corrected chi connectivity index (χ3v) is 7.83. The van der Waals surface area contributed by atoms with E-state index in [4.69, 9.17) is 0 Å². The van der Waals surface area contributed by atoms with Gasteiger partial charge in [-0.05, 0) is 111 Å². The molecule has 3 saturated carbocycles. The van der Waals surface area contributed by atoms with E-state index in [1.807, 2.05) is 0 Å². The zero-order chi connectivity index (χ0) is 18.3. The molecule has 0 aliphatic heterocycles. The molecule has 1 aromatic carbocycles. The molecule has 0 heterocycles. The number of halogens is 3. The number of benzene rings is 1. The van der Waals surface area contributed by atoms with Gasteiger partial charge in [-0.3, -0.25) is 0 Å². The molecule has 4 unspecified atom stereocenters. The van der Waals surface area contributed by atoms with Crippen molar-refractivity contribution in [3.63, 3.8) is 0 Å². The smallest absolute Gasteiger partial charge is 0.194 e. The summed E-state index contributed by atoms with van der Waals surface area (Å²) < 4.78 is 40.3. The highest BCUT2D eigenvalue weighted by Gasteiger charge is 2.38. The van der Waals surface area contributed by atoms with Crippen LogP contribution in [0.1, 0.15) is 82.6 Å². The van der Waals surface area contributed by atoms with E-state index in [0.29, 0.717) is 5.56 Å². The van der Waals surface area contributed by atoms with Gasteiger partial charge in [0.05, 0.1) is 0 Å². The molecule has 26 heavy (non-hydrogen) atoms. The van der Waals surface area contributed by atoms with Gasteiger partial charge in [0.2, 0.25) is 0 Å². The summed E-state index contributed by atoms with van der Waals surface area (Å²) in [7, 11) is 0. The molecule has 0 nitrogen and oxygen atoms in total. The SMILES string of the molecule is CC1CCC2CC(C3CCC(c4cc(F)c(F)c(F)c4)CC3)CCC2C1. The average Bonchev–Trinajstić information content (AvgIpc) is 2.65. The molecule has 3 aliphatic rings. The third kappa shape index (κ3) is 3.68. The summed E-state index contributed by atoms with van der Waals surface area (Å²) in [5.41, 5.74) is 0.643. The Kier molecular flexibility index (Phi) is 5.34. The molecule has 0 amide bonds. The molecule has 0 N–H and O–H groups in total. The van der Waals surface area contributed by atoms with Crippen LogP contribution < -0.4 is 0 Å². The molecule has 3 fully saturated rings. The molecule has 3 heteroatoms. The van der Waals surface area contributed by atoms with Crippen LogP contribution in [0.2, 0.25) is 0 Å². The van der Waals surface area contributed by atoms with E-state index in [1.165, 1.54) is 50.7 Å². The van der Waals surface area contributed by atoms with Crippen molar-refractivity contribution in [1.29, 1.82) is 0 Å². The topological polar surface area (TPSA) is 0 Å². The summed E-state index contributed by atoms with van der Waals surface area (Å²) in [4.78, 5) is 0. The van der Waals surface area contributed by atoms with E-state index < -0.39 is 17.5 Å². The van der Waals surface area contributed by atoms with Crippen molar-refractivity contribution in [2.75, 3.05) is 0 Å². The minimum absolute atomic E-state index is 0.183. The average molecular weight is 364 g/mol. The molecule has 144 valence electrons. The minimum atomic E-state index is -1.35. The molecule has 0 bridgehead atoms. The molecule has 0 aromatic heterocycles. The van der Waals surface area contributed by atoms with Crippen LogP contribution >= 0.6 is 0 Å². The van der Waals surface area contributed by atoms with Crippen LogP contribution in [0.4, 0.5) is 13.2 Å². The lowest BCUT2D eigenvalue weighted by Crippen LogP contribution is -2.34. The maximum atomic E-state index is 13.5. The van der Waals surface area contributed by atoms with E-state index in [1.54, 1.807) is 0 Å². The molecule has 0 spiro atoms. The zero-order valence-corrected chi connectivity index (χ0v) is 15.8. The molecule has 3 aliphatic carbocycles. The van der Waals surface area contributed by atoms with E-state index in [0.717, 1.165) is 55.3 Å². The monoisotopic (exact) mass is 364 g/mol. The summed E-state index contributed by atoms with van der Waals surface area (Å²) in [6, 6.07) is 2.41. The van der Waals surface area contributed by atoms with Gasteiger partial charge >= 0.3 is 0 Å². The normalized spacial score (nSPS) is 38.0. The maximum Gasteiger partial charge on any atom is 0.194 e. The Balaban J connectivity index is 1.34. The largest absolute Gasteiger partial charge is 0.204 e. The van der Waals surface area contributed by atoms with E-state index in [-0.39, 0.29) is 5.92 Å². The molecular weight excluding hydrogens is 333 g/mol. The molecule has 0 saturated heterocycles. The number of hydrogen-bond donors (Lipinski definition) is 0. The van der Waals surface area contributed by atoms with Crippen molar-refractivity contribution in [3.8, 4) is 0 Å². The summed E-state index contributed by atoms with van der Waals surface area (Å²) in [6.45, 7) is 2.41. The van der Waals surface area contributed by atoms with Crippen molar-refractivity contribution >= 4 is 0 Å². The number of rotatable bonds is 2. The first-order valence-corrected chi connectivity index (χ1v) is 10.7. The first-order valence-electron chi connectivity index (χ1n) is 10.7. The Hall–Kier alpha value is -0.990. The minimum Gasteiger partial charge on any atom is -0.204 e. The Morgan fingerprint density at radius 3 is 1.81 bits per heavy atom. The predicted molar refractivity (Wildman–Crippen MR) is 98.4 cm³/mol. The van der Waals surface area contributed by atoms with E-state index >= 15 is 0 Å². The highest BCUT2D eigenvalue weighted by Crippen LogP contribution is 2.49. The van der Waals surface area contributed by atoms with Gasteiger partial charge in [-0.25, -0.2) is 13.2 Å². The predicted octanol–water partition coefficient (Wildman–Crippen LogP) is 7.23. The van der Waals surface area contributed by atoms with Gasteiger partial charge in [0.25, 0.3) is 0 Å². The molecule has 4 atom stereocenters. The van der Waals surface area contributed by atoms with Crippen LogP contribution in [0.3, 0.4) is 0 Å². The van der Waals surface area contributed by atoms with E-state index in [2.05, 4.69) is 6.92 Å². The highest BCUT2D eigenvalue weighted by molar-refractivity contribution is 5.23. The van der Waals surface area contributed by atoms with Crippen LogP contribution in [0.15, 0.2) is 12.1 Å². The highest BCUT2D eigenvalue weighted by atomic mass is 19.2. The summed E-state index contributed by atoms with van der Waals surface area (Å²) >= 11 is 0. The Morgan fingerprint density at radius 1 is 0.654 bits per heavy atom. The quantitative estimate of drug-likeness (QED) is 0.486. The van der Waals surface area contributed by atoms with Crippen LogP contribution in [-0.4, -0.2) is 0 Å². The molecule has 1 aromatic rings. The van der Waals surface area contributed by atoms with Crippen molar-refractivity contribution in [2.24, 2.45) is 29.6 Å². The second-order valence-corrected chi connectivity index (χ2v) is 9.42. The van der Waals surface area contributed by atoms with Crippen molar-refractivity contribution in [3.05, 3.63) is 35.1 Å². The van der Waals surface area contributed by atoms with E-state index in [9.17, 15) is 13.2 Å². The first-order chi connectivity index (χ1) is 12.5. The maximum absolute atomic E-state index is 13.5. The van der Waals surface area contributed by atoms with Crippen LogP contribution in [0, 0.1) is 47.0 Å².